The van der Waals surface area contributed by atoms with Crippen molar-refractivity contribution in [2.45, 2.75) is 26.4 Å². The number of anilines is 1. The van der Waals surface area contributed by atoms with Gasteiger partial charge in [0.1, 0.15) is 11.6 Å². The Morgan fingerprint density at radius 1 is 1.50 bits per heavy atom. The Morgan fingerprint density at radius 3 is 2.86 bits per heavy atom. The van der Waals surface area contributed by atoms with Crippen LogP contribution in [0.5, 0.6) is 0 Å². The van der Waals surface area contributed by atoms with E-state index in [1.807, 2.05) is 0 Å². The third-order valence-corrected chi connectivity index (χ3v) is 3.84. The van der Waals surface area contributed by atoms with E-state index in [2.05, 4.69) is 26.4 Å². The first-order valence-corrected chi connectivity index (χ1v) is 7.54. The zero-order chi connectivity index (χ0) is 16.3. The van der Waals surface area contributed by atoms with Gasteiger partial charge < -0.3 is 9.84 Å². The average molecular weight is 370 g/mol. The van der Waals surface area contributed by atoms with Gasteiger partial charge in [-0.25, -0.2) is 4.39 Å². The number of halogens is 2. The summed E-state index contributed by atoms with van der Waals surface area (Å²) in [5.74, 6) is 0.463. The number of hydrogen-bond acceptors (Lipinski definition) is 4. The van der Waals surface area contributed by atoms with Gasteiger partial charge >= 0.3 is 0 Å². The van der Waals surface area contributed by atoms with Crippen LogP contribution in [0.2, 0.25) is 0 Å². The predicted molar refractivity (Wildman–Crippen MR) is 84.9 cm³/mol. The molecule has 5 nitrogen and oxygen atoms in total. The molecule has 2 rings (SSSR count). The number of benzene rings is 1. The van der Waals surface area contributed by atoms with Crippen molar-refractivity contribution in [1.29, 1.82) is 0 Å². The van der Waals surface area contributed by atoms with Gasteiger partial charge in [-0.05, 0) is 39.1 Å². The molecule has 1 heterocycles. The molecule has 0 bridgehead atoms. The molecule has 0 aliphatic rings. The highest BCUT2D eigenvalue weighted by Crippen LogP contribution is 2.18. The SMILES string of the molecule is Cc1cc(NC(=O)C(C)N(C)Cc2cc(Br)ccc2F)no1. The van der Waals surface area contributed by atoms with Crippen LogP contribution in [0.15, 0.2) is 33.3 Å². The van der Waals surface area contributed by atoms with Crippen LogP contribution < -0.4 is 5.32 Å². The molecule has 0 fully saturated rings. The van der Waals surface area contributed by atoms with Crippen molar-refractivity contribution in [3.8, 4) is 0 Å². The van der Waals surface area contributed by atoms with Crippen molar-refractivity contribution in [1.82, 2.24) is 10.1 Å². The summed E-state index contributed by atoms with van der Waals surface area (Å²) in [6, 6.07) is 5.93. The van der Waals surface area contributed by atoms with E-state index in [4.69, 9.17) is 4.52 Å². The van der Waals surface area contributed by atoms with Crippen molar-refractivity contribution in [3.63, 3.8) is 0 Å². The lowest BCUT2D eigenvalue weighted by Crippen LogP contribution is -2.39. The summed E-state index contributed by atoms with van der Waals surface area (Å²) in [6.07, 6.45) is 0. The number of nitrogens with one attached hydrogen (secondary N) is 1. The van der Waals surface area contributed by atoms with Crippen molar-refractivity contribution in [2.24, 2.45) is 0 Å². The molecule has 0 aliphatic carbocycles. The van der Waals surface area contributed by atoms with Gasteiger partial charge in [0.05, 0.1) is 6.04 Å². The number of amides is 1. The largest absolute Gasteiger partial charge is 0.360 e. The Kier molecular flexibility index (Phi) is 5.31. The highest BCUT2D eigenvalue weighted by Gasteiger charge is 2.20. The van der Waals surface area contributed by atoms with Crippen molar-refractivity contribution < 1.29 is 13.7 Å². The van der Waals surface area contributed by atoms with Crippen LogP contribution in [0.4, 0.5) is 10.2 Å². The van der Waals surface area contributed by atoms with E-state index in [1.165, 1.54) is 6.07 Å². The normalized spacial score (nSPS) is 12.5. The predicted octanol–water partition coefficient (Wildman–Crippen LogP) is 3.34. The number of likely N-dealkylation sites (N-methyl/N-ethyl adjacent to an activating group) is 1. The van der Waals surface area contributed by atoms with E-state index < -0.39 is 6.04 Å². The second-order valence-corrected chi connectivity index (χ2v) is 6.05. The maximum Gasteiger partial charge on any atom is 0.242 e. The van der Waals surface area contributed by atoms with Gasteiger partial charge in [-0.1, -0.05) is 21.1 Å². The van der Waals surface area contributed by atoms with Gasteiger partial charge in [0, 0.05) is 22.6 Å². The third kappa shape index (κ3) is 4.14. The fourth-order valence-electron chi connectivity index (χ4n) is 1.93. The number of aromatic nitrogens is 1. The summed E-state index contributed by atoms with van der Waals surface area (Å²) in [5.41, 5.74) is 0.522. The second kappa shape index (κ2) is 7.02. The molecule has 1 unspecified atom stereocenters. The van der Waals surface area contributed by atoms with E-state index in [0.717, 1.165) is 4.47 Å². The molecule has 1 aromatic heterocycles. The number of hydrogen-bond donors (Lipinski definition) is 1. The van der Waals surface area contributed by atoms with Crippen molar-refractivity contribution in [3.05, 3.63) is 45.9 Å². The van der Waals surface area contributed by atoms with Crippen LogP contribution in [0.25, 0.3) is 0 Å². The number of carbonyl (C=O) groups excluding carboxylic acids is 1. The molecule has 0 spiro atoms. The Labute approximate surface area is 136 Å². The first-order valence-electron chi connectivity index (χ1n) is 6.75. The quantitative estimate of drug-likeness (QED) is 0.877. The number of nitrogens with zero attached hydrogens (tertiary/aromatic N) is 2. The molecule has 1 atom stereocenters. The van der Waals surface area contributed by atoms with Crippen molar-refractivity contribution >= 4 is 27.7 Å². The van der Waals surface area contributed by atoms with Gasteiger partial charge in [0.2, 0.25) is 5.91 Å². The van der Waals surface area contributed by atoms with Crippen LogP contribution in [-0.4, -0.2) is 29.1 Å². The monoisotopic (exact) mass is 369 g/mol. The first kappa shape index (κ1) is 16.6. The van der Waals surface area contributed by atoms with E-state index >= 15 is 0 Å². The van der Waals surface area contributed by atoms with Crippen LogP contribution in [0.3, 0.4) is 0 Å². The maximum atomic E-state index is 13.8. The lowest BCUT2D eigenvalue weighted by atomic mass is 10.1. The molecule has 1 N–H and O–H groups in total. The molecule has 0 radical (unpaired) electrons. The molecule has 7 heteroatoms. The molecule has 2 aromatic rings. The summed E-state index contributed by atoms with van der Waals surface area (Å²) < 4.78 is 19.5. The molecule has 1 amide bonds. The Hall–Kier alpha value is -1.73. The summed E-state index contributed by atoms with van der Waals surface area (Å²) in [6.45, 7) is 3.81. The van der Waals surface area contributed by atoms with Crippen LogP contribution in [0, 0.1) is 12.7 Å². The smallest absolute Gasteiger partial charge is 0.242 e. The molecular weight excluding hydrogens is 353 g/mol. The molecular formula is C15H17BrFN3O2. The highest BCUT2D eigenvalue weighted by molar-refractivity contribution is 9.10. The Bertz CT molecular complexity index is 675. The number of carbonyl (C=O) groups is 1. The van der Waals surface area contributed by atoms with E-state index in [0.29, 0.717) is 23.7 Å². The van der Waals surface area contributed by atoms with Crippen LogP contribution >= 0.6 is 15.9 Å². The number of aryl methyl sites for hydroxylation is 1. The number of rotatable bonds is 5. The zero-order valence-electron chi connectivity index (χ0n) is 12.6. The summed E-state index contributed by atoms with van der Waals surface area (Å²) in [7, 11) is 1.76. The Balaban J connectivity index is 2.00. The molecule has 1 aromatic carbocycles. The van der Waals surface area contributed by atoms with Crippen LogP contribution in [-0.2, 0) is 11.3 Å². The standard InChI is InChI=1S/C15H17BrFN3O2/c1-9-6-14(19-22-9)18-15(21)10(2)20(3)8-11-7-12(16)4-5-13(11)17/h4-7,10H,8H2,1-3H3,(H,18,19,21). The van der Waals surface area contributed by atoms with Crippen LogP contribution in [0.1, 0.15) is 18.2 Å². The van der Waals surface area contributed by atoms with Gasteiger partial charge in [-0.3, -0.25) is 9.69 Å². The minimum atomic E-state index is -0.449. The van der Waals surface area contributed by atoms with Gasteiger partial charge in [0.25, 0.3) is 0 Å². The molecule has 0 saturated carbocycles. The molecule has 118 valence electrons. The van der Waals surface area contributed by atoms with Gasteiger partial charge in [-0.15, -0.1) is 0 Å². The minimum absolute atomic E-state index is 0.230. The topological polar surface area (TPSA) is 58.4 Å². The molecule has 22 heavy (non-hydrogen) atoms. The average Bonchev–Trinajstić information content (AvgIpc) is 2.87. The fourth-order valence-corrected chi connectivity index (χ4v) is 2.33. The third-order valence-electron chi connectivity index (χ3n) is 3.35. The van der Waals surface area contributed by atoms with E-state index in [1.54, 1.807) is 44.0 Å². The summed E-state index contributed by atoms with van der Waals surface area (Å²) in [4.78, 5) is 13.9. The highest BCUT2D eigenvalue weighted by atomic mass is 79.9. The Morgan fingerprint density at radius 2 is 2.23 bits per heavy atom. The summed E-state index contributed by atoms with van der Waals surface area (Å²) >= 11 is 3.32. The maximum absolute atomic E-state index is 13.8. The zero-order valence-corrected chi connectivity index (χ0v) is 14.1. The lowest BCUT2D eigenvalue weighted by molar-refractivity contribution is -0.120. The molecule has 0 saturated heterocycles. The van der Waals surface area contributed by atoms with Gasteiger partial charge in [-0.2, -0.15) is 0 Å². The second-order valence-electron chi connectivity index (χ2n) is 5.14. The summed E-state index contributed by atoms with van der Waals surface area (Å²) in [5, 5.41) is 6.38. The molecule has 0 aliphatic heterocycles. The van der Waals surface area contributed by atoms with E-state index in [-0.39, 0.29) is 11.7 Å². The van der Waals surface area contributed by atoms with Crippen molar-refractivity contribution in [2.75, 3.05) is 12.4 Å². The fraction of sp³-hybridized carbons (Fsp3) is 0.333. The minimum Gasteiger partial charge on any atom is -0.360 e. The van der Waals surface area contributed by atoms with E-state index in [9.17, 15) is 9.18 Å². The first-order chi connectivity index (χ1) is 10.4. The van der Waals surface area contributed by atoms with Gasteiger partial charge in [0.15, 0.2) is 5.82 Å². The lowest BCUT2D eigenvalue weighted by Gasteiger charge is -2.23.